The number of aryl methyl sites for hydroxylation is 1. The number of rotatable bonds is 5. The van der Waals surface area contributed by atoms with Crippen LogP contribution in [0.4, 0.5) is 4.39 Å². The SMILES string of the molecule is O=C(NCCc1nnc2n1CCCCC2)C1(c2cccc(F)c2)CC1. The van der Waals surface area contributed by atoms with Crippen molar-refractivity contribution >= 4 is 5.91 Å². The maximum atomic E-state index is 13.5. The molecule has 1 N–H and O–H groups in total. The van der Waals surface area contributed by atoms with Crippen LogP contribution in [0, 0.1) is 5.82 Å². The first kappa shape index (κ1) is 16.2. The molecule has 25 heavy (non-hydrogen) atoms. The molecule has 0 unspecified atom stereocenters. The maximum absolute atomic E-state index is 13.5. The molecule has 0 radical (unpaired) electrons. The van der Waals surface area contributed by atoms with Crippen LogP contribution in [0.25, 0.3) is 0 Å². The van der Waals surface area contributed by atoms with Crippen molar-refractivity contribution in [3.8, 4) is 0 Å². The third-order valence-corrected chi connectivity index (χ3v) is 5.38. The van der Waals surface area contributed by atoms with Crippen LogP contribution in [0.5, 0.6) is 0 Å². The van der Waals surface area contributed by atoms with Crippen molar-refractivity contribution in [2.45, 2.75) is 56.9 Å². The highest BCUT2D eigenvalue weighted by Gasteiger charge is 2.51. The predicted molar refractivity (Wildman–Crippen MR) is 91.6 cm³/mol. The molecule has 0 saturated heterocycles. The smallest absolute Gasteiger partial charge is 0.230 e. The first-order valence-electron chi connectivity index (χ1n) is 9.14. The number of nitrogens with one attached hydrogen (secondary N) is 1. The van der Waals surface area contributed by atoms with E-state index in [0.29, 0.717) is 13.0 Å². The fourth-order valence-electron chi connectivity index (χ4n) is 3.75. The molecule has 1 saturated carbocycles. The molecular weight excluding hydrogens is 319 g/mol. The van der Waals surface area contributed by atoms with Gasteiger partial charge in [-0.2, -0.15) is 0 Å². The van der Waals surface area contributed by atoms with Gasteiger partial charge in [-0.1, -0.05) is 18.6 Å². The number of carbonyl (C=O) groups is 1. The summed E-state index contributed by atoms with van der Waals surface area (Å²) in [4.78, 5) is 12.6. The molecule has 1 aliphatic carbocycles. The molecule has 5 nitrogen and oxygen atoms in total. The number of halogens is 1. The zero-order valence-electron chi connectivity index (χ0n) is 14.3. The average Bonchev–Trinajstić information content (AvgIpc) is 3.38. The van der Waals surface area contributed by atoms with Gasteiger partial charge in [0.2, 0.25) is 5.91 Å². The first-order valence-corrected chi connectivity index (χ1v) is 9.14. The zero-order chi connectivity index (χ0) is 17.3. The number of amides is 1. The lowest BCUT2D eigenvalue weighted by Crippen LogP contribution is -2.36. The molecule has 4 rings (SSSR count). The summed E-state index contributed by atoms with van der Waals surface area (Å²) in [5.74, 6) is 1.72. The molecule has 2 aromatic rings. The molecule has 0 bridgehead atoms. The predicted octanol–water partition coefficient (Wildman–Crippen LogP) is 2.53. The highest BCUT2D eigenvalue weighted by molar-refractivity contribution is 5.91. The van der Waals surface area contributed by atoms with E-state index in [1.54, 1.807) is 6.07 Å². The van der Waals surface area contributed by atoms with Crippen LogP contribution in [-0.4, -0.2) is 27.2 Å². The molecule has 1 aromatic heterocycles. The van der Waals surface area contributed by atoms with Gasteiger partial charge in [-0.05, 0) is 43.4 Å². The molecule has 1 amide bonds. The lowest BCUT2D eigenvalue weighted by Gasteiger charge is -2.16. The normalized spacial score (nSPS) is 18.3. The van der Waals surface area contributed by atoms with E-state index in [1.807, 2.05) is 6.07 Å². The second kappa shape index (κ2) is 6.58. The van der Waals surface area contributed by atoms with E-state index in [0.717, 1.165) is 49.4 Å². The van der Waals surface area contributed by atoms with Crippen molar-refractivity contribution in [1.29, 1.82) is 0 Å². The van der Waals surface area contributed by atoms with E-state index < -0.39 is 5.41 Å². The topological polar surface area (TPSA) is 59.8 Å². The Morgan fingerprint density at radius 3 is 2.92 bits per heavy atom. The quantitative estimate of drug-likeness (QED) is 0.908. The Morgan fingerprint density at radius 1 is 1.24 bits per heavy atom. The van der Waals surface area contributed by atoms with Crippen LogP contribution in [0.3, 0.4) is 0 Å². The minimum absolute atomic E-state index is 0.00583. The summed E-state index contributed by atoms with van der Waals surface area (Å²) in [6.45, 7) is 1.51. The van der Waals surface area contributed by atoms with Crippen molar-refractivity contribution in [2.75, 3.05) is 6.54 Å². The number of fused-ring (bicyclic) bond motifs is 1. The average molecular weight is 342 g/mol. The largest absolute Gasteiger partial charge is 0.355 e. The van der Waals surface area contributed by atoms with E-state index >= 15 is 0 Å². The molecule has 1 fully saturated rings. The fourth-order valence-corrected chi connectivity index (χ4v) is 3.75. The van der Waals surface area contributed by atoms with Crippen molar-refractivity contribution in [2.24, 2.45) is 0 Å². The summed E-state index contributed by atoms with van der Waals surface area (Å²) in [6, 6.07) is 6.40. The van der Waals surface area contributed by atoms with Crippen molar-refractivity contribution in [3.05, 3.63) is 47.3 Å². The third kappa shape index (κ3) is 3.17. The van der Waals surface area contributed by atoms with Gasteiger partial charge in [0, 0.05) is 25.9 Å². The zero-order valence-corrected chi connectivity index (χ0v) is 14.3. The van der Waals surface area contributed by atoms with Gasteiger partial charge in [-0.25, -0.2) is 4.39 Å². The summed E-state index contributed by atoms with van der Waals surface area (Å²) in [7, 11) is 0. The Hall–Kier alpha value is -2.24. The molecule has 132 valence electrons. The van der Waals surface area contributed by atoms with E-state index in [9.17, 15) is 9.18 Å². The van der Waals surface area contributed by atoms with E-state index in [4.69, 9.17) is 0 Å². The van der Waals surface area contributed by atoms with Crippen molar-refractivity contribution in [1.82, 2.24) is 20.1 Å². The van der Waals surface area contributed by atoms with Crippen LogP contribution < -0.4 is 5.32 Å². The number of aromatic nitrogens is 3. The number of carbonyl (C=O) groups excluding carboxylic acids is 1. The molecule has 6 heteroatoms. The second-order valence-electron chi connectivity index (χ2n) is 7.09. The highest BCUT2D eigenvalue weighted by Crippen LogP contribution is 2.48. The molecule has 0 atom stereocenters. The Morgan fingerprint density at radius 2 is 2.12 bits per heavy atom. The first-order chi connectivity index (χ1) is 12.2. The van der Waals surface area contributed by atoms with Crippen LogP contribution in [-0.2, 0) is 29.6 Å². The molecule has 0 spiro atoms. The number of nitrogens with zero attached hydrogens (tertiary/aromatic N) is 3. The van der Waals surface area contributed by atoms with Gasteiger partial charge in [0.1, 0.15) is 17.5 Å². The van der Waals surface area contributed by atoms with Crippen LogP contribution >= 0.6 is 0 Å². The lowest BCUT2D eigenvalue weighted by molar-refractivity contribution is -0.123. The monoisotopic (exact) mass is 342 g/mol. The molecule has 1 aromatic carbocycles. The molecular formula is C19H23FN4O. The van der Waals surface area contributed by atoms with Crippen LogP contribution in [0.15, 0.2) is 24.3 Å². The van der Waals surface area contributed by atoms with Gasteiger partial charge in [0.05, 0.1) is 5.41 Å². The molecule has 2 heterocycles. The Labute approximate surface area is 146 Å². The van der Waals surface area contributed by atoms with Gasteiger partial charge in [-0.15, -0.1) is 10.2 Å². The van der Waals surface area contributed by atoms with Crippen molar-refractivity contribution < 1.29 is 9.18 Å². The van der Waals surface area contributed by atoms with Gasteiger partial charge < -0.3 is 9.88 Å². The van der Waals surface area contributed by atoms with Gasteiger partial charge in [0.25, 0.3) is 0 Å². The maximum Gasteiger partial charge on any atom is 0.230 e. The summed E-state index contributed by atoms with van der Waals surface area (Å²) in [5.41, 5.74) is 0.241. The minimum Gasteiger partial charge on any atom is -0.355 e. The summed E-state index contributed by atoms with van der Waals surface area (Å²) in [6.07, 6.45) is 6.79. The number of hydrogen-bond acceptors (Lipinski definition) is 3. The molecule has 2 aliphatic rings. The van der Waals surface area contributed by atoms with E-state index in [1.165, 1.54) is 25.0 Å². The Balaban J connectivity index is 1.38. The van der Waals surface area contributed by atoms with Gasteiger partial charge >= 0.3 is 0 Å². The Kier molecular flexibility index (Phi) is 4.27. The van der Waals surface area contributed by atoms with Crippen LogP contribution in [0.2, 0.25) is 0 Å². The fraction of sp³-hybridized carbons (Fsp3) is 0.526. The minimum atomic E-state index is -0.538. The summed E-state index contributed by atoms with van der Waals surface area (Å²) >= 11 is 0. The van der Waals surface area contributed by atoms with Crippen molar-refractivity contribution in [3.63, 3.8) is 0 Å². The standard InChI is InChI=1S/C19H23FN4O/c20-15-6-4-5-14(13-15)19(9-10-19)18(25)21-11-8-17-23-22-16-7-2-1-3-12-24(16)17/h4-6,13H,1-3,7-12H2,(H,21,25). The summed E-state index contributed by atoms with van der Waals surface area (Å²) < 4.78 is 15.7. The lowest BCUT2D eigenvalue weighted by atomic mass is 9.95. The van der Waals surface area contributed by atoms with Crippen LogP contribution in [0.1, 0.15) is 49.3 Å². The highest BCUT2D eigenvalue weighted by atomic mass is 19.1. The second-order valence-corrected chi connectivity index (χ2v) is 7.09. The van der Waals surface area contributed by atoms with Gasteiger partial charge in [-0.3, -0.25) is 4.79 Å². The van der Waals surface area contributed by atoms with E-state index in [-0.39, 0.29) is 11.7 Å². The summed E-state index contributed by atoms with van der Waals surface area (Å²) in [5, 5.41) is 11.6. The van der Waals surface area contributed by atoms with E-state index in [2.05, 4.69) is 20.1 Å². The molecule has 1 aliphatic heterocycles. The number of hydrogen-bond donors (Lipinski definition) is 1. The third-order valence-electron chi connectivity index (χ3n) is 5.38. The van der Waals surface area contributed by atoms with Gasteiger partial charge in [0.15, 0.2) is 0 Å². The Bertz CT molecular complexity index is 781. The number of benzene rings is 1.